The number of imidazole rings is 1. The van der Waals surface area contributed by atoms with Gasteiger partial charge in [0.2, 0.25) is 5.95 Å². The summed E-state index contributed by atoms with van der Waals surface area (Å²) in [4.78, 5) is 4.33. The van der Waals surface area contributed by atoms with Gasteiger partial charge in [0.25, 0.3) is 0 Å². The minimum atomic E-state index is 0.284. The number of ether oxygens (including phenoxy) is 1. The summed E-state index contributed by atoms with van der Waals surface area (Å²) in [6, 6.07) is 0.284. The van der Waals surface area contributed by atoms with Gasteiger partial charge in [-0.3, -0.25) is 0 Å². The topological polar surface area (TPSA) is 39.1 Å². The molecule has 1 aromatic heterocycles. The summed E-state index contributed by atoms with van der Waals surface area (Å²) in [7, 11) is 1.72. The quantitative estimate of drug-likeness (QED) is 0.758. The fourth-order valence-electron chi connectivity index (χ4n) is 1.81. The fourth-order valence-corrected chi connectivity index (χ4v) is 1.81. The van der Waals surface area contributed by atoms with Gasteiger partial charge < -0.3 is 14.6 Å². The van der Waals surface area contributed by atoms with E-state index in [-0.39, 0.29) is 6.04 Å². The number of anilines is 1. The molecule has 0 aromatic carbocycles. The monoisotopic (exact) mass is 239 g/mol. The average Bonchev–Trinajstić information content (AvgIpc) is 2.65. The highest BCUT2D eigenvalue weighted by atomic mass is 16.5. The van der Waals surface area contributed by atoms with E-state index in [1.165, 1.54) is 12.8 Å². The van der Waals surface area contributed by atoms with Gasteiger partial charge in [-0.2, -0.15) is 0 Å². The van der Waals surface area contributed by atoms with Crippen molar-refractivity contribution >= 4 is 5.95 Å². The molecule has 0 aliphatic rings. The molecule has 0 bridgehead atoms. The van der Waals surface area contributed by atoms with Gasteiger partial charge in [0, 0.05) is 32.1 Å². The van der Waals surface area contributed by atoms with E-state index in [9.17, 15) is 0 Å². The highest BCUT2D eigenvalue weighted by Gasteiger charge is 2.06. The molecule has 1 N–H and O–H groups in total. The van der Waals surface area contributed by atoms with Crippen molar-refractivity contribution in [3.8, 4) is 0 Å². The van der Waals surface area contributed by atoms with Crippen LogP contribution in [0.3, 0.4) is 0 Å². The smallest absolute Gasteiger partial charge is 0.203 e. The Morgan fingerprint density at radius 3 is 2.82 bits per heavy atom. The summed E-state index contributed by atoms with van der Waals surface area (Å²) in [6.07, 6.45) is 6.33. The van der Waals surface area contributed by atoms with Crippen molar-refractivity contribution in [1.29, 1.82) is 0 Å². The minimum absolute atomic E-state index is 0.284. The van der Waals surface area contributed by atoms with Crippen molar-refractivity contribution in [2.75, 3.05) is 19.0 Å². The van der Waals surface area contributed by atoms with E-state index >= 15 is 0 Å². The lowest BCUT2D eigenvalue weighted by Crippen LogP contribution is -2.23. The fraction of sp³-hybridized carbons (Fsp3) is 0.769. The maximum absolute atomic E-state index is 5.11. The molecule has 1 atom stereocenters. The number of nitrogens with zero attached hydrogens (tertiary/aromatic N) is 2. The number of hydrogen-bond donors (Lipinski definition) is 1. The first kappa shape index (κ1) is 14.0. The highest BCUT2D eigenvalue weighted by Crippen LogP contribution is 2.10. The first-order chi connectivity index (χ1) is 8.13. The van der Waals surface area contributed by atoms with Crippen LogP contribution in [0.15, 0.2) is 12.4 Å². The Morgan fingerprint density at radius 1 is 1.41 bits per heavy atom. The number of methoxy groups -OCH3 is 1. The average molecular weight is 239 g/mol. The van der Waals surface area contributed by atoms with Crippen LogP contribution in [-0.4, -0.2) is 29.3 Å². The lowest BCUT2D eigenvalue weighted by atomic mass is 10.1. The normalized spacial score (nSPS) is 13.0. The van der Waals surface area contributed by atoms with E-state index in [0.717, 1.165) is 18.4 Å². The summed E-state index contributed by atoms with van der Waals surface area (Å²) < 4.78 is 7.28. The standard InChI is InChI=1S/C13H25N3O/c1-11(2)6-5-8-16-9-7-14-13(16)15-12(3)10-17-4/h7,9,11-12H,5-6,8,10H2,1-4H3,(H,14,15). The van der Waals surface area contributed by atoms with Crippen LogP contribution in [0.5, 0.6) is 0 Å². The third-order valence-electron chi connectivity index (χ3n) is 2.69. The van der Waals surface area contributed by atoms with Gasteiger partial charge in [-0.05, 0) is 25.7 Å². The second kappa shape index (κ2) is 7.33. The van der Waals surface area contributed by atoms with Gasteiger partial charge in [0.05, 0.1) is 6.61 Å². The first-order valence-corrected chi connectivity index (χ1v) is 6.40. The summed E-state index contributed by atoms with van der Waals surface area (Å²) in [6.45, 7) is 8.33. The van der Waals surface area contributed by atoms with E-state index in [2.05, 4.69) is 35.6 Å². The predicted molar refractivity (Wildman–Crippen MR) is 71.3 cm³/mol. The maximum Gasteiger partial charge on any atom is 0.203 e. The van der Waals surface area contributed by atoms with Crippen molar-refractivity contribution in [3.63, 3.8) is 0 Å². The molecular weight excluding hydrogens is 214 g/mol. The molecule has 4 nitrogen and oxygen atoms in total. The Hall–Kier alpha value is -1.03. The zero-order chi connectivity index (χ0) is 12.7. The van der Waals surface area contributed by atoms with E-state index in [1.54, 1.807) is 7.11 Å². The maximum atomic E-state index is 5.11. The Labute approximate surface area is 104 Å². The Kier molecular flexibility index (Phi) is 6.05. The third-order valence-corrected chi connectivity index (χ3v) is 2.69. The van der Waals surface area contributed by atoms with Gasteiger partial charge in [0.15, 0.2) is 0 Å². The van der Waals surface area contributed by atoms with Gasteiger partial charge in [-0.25, -0.2) is 4.98 Å². The molecule has 4 heteroatoms. The number of rotatable bonds is 8. The summed E-state index contributed by atoms with van der Waals surface area (Å²) >= 11 is 0. The molecule has 1 rings (SSSR count). The number of aryl methyl sites for hydroxylation is 1. The minimum Gasteiger partial charge on any atom is -0.383 e. The van der Waals surface area contributed by atoms with Crippen LogP contribution in [0.1, 0.15) is 33.6 Å². The molecule has 0 fully saturated rings. The van der Waals surface area contributed by atoms with Crippen LogP contribution in [-0.2, 0) is 11.3 Å². The molecule has 0 saturated heterocycles. The second-order valence-electron chi connectivity index (χ2n) is 4.98. The van der Waals surface area contributed by atoms with Crippen molar-refractivity contribution in [2.24, 2.45) is 5.92 Å². The molecule has 0 radical (unpaired) electrons. The van der Waals surface area contributed by atoms with Gasteiger partial charge >= 0.3 is 0 Å². The van der Waals surface area contributed by atoms with E-state index in [1.807, 2.05) is 12.4 Å². The van der Waals surface area contributed by atoms with Crippen LogP contribution in [0, 0.1) is 5.92 Å². The SMILES string of the molecule is COCC(C)Nc1nccn1CCCC(C)C. The molecule has 0 aliphatic heterocycles. The van der Waals surface area contributed by atoms with Crippen LogP contribution < -0.4 is 5.32 Å². The van der Waals surface area contributed by atoms with E-state index in [0.29, 0.717) is 6.61 Å². The largest absolute Gasteiger partial charge is 0.383 e. The summed E-state index contributed by atoms with van der Waals surface area (Å²) in [5.41, 5.74) is 0. The molecule has 98 valence electrons. The molecule has 1 heterocycles. The second-order valence-corrected chi connectivity index (χ2v) is 4.98. The first-order valence-electron chi connectivity index (χ1n) is 6.40. The van der Waals surface area contributed by atoms with E-state index in [4.69, 9.17) is 4.74 Å². The molecule has 1 unspecified atom stereocenters. The van der Waals surface area contributed by atoms with Crippen molar-refractivity contribution < 1.29 is 4.74 Å². The predicted octanol–water partition coefficient (Wildman–Crippen LogP) is 2.77. The molecule has 0 amide bonds. The molecular formula is C13H25N3O. The molecule has 1 aromatic rings. The summed E-state index contributed by atoms with van der Waals surface area (Å²) in [5.74, 6) is 1.71. The zero-order valence-corrected chi connectivity index (χ0v) is 11.4. The van der Waals surface area contributed by atoms with Crippen molar-refractivity contribution in [1.82, 2.24) is 9.55 Å². The Morgan fingerprint density at radius 2 is 2.18 bits per heavy atom. The Balaban J connectivity index is 2.42. The van der Waals surface area contributed by atoms with Crippen LogP contribution in [0.4, 0.5) is 5.95 Å². The molecule has 0 spiro atoms. The molecule has 17 heavy (non-hydrogen) atoms. The third kappa shape index (κ3) is 5.22. The molecule has 0 aliphatic carbocycles. The number of hydrogen-bond acceptors (Lipinski definition) is 3. The van der Waals surface area contributed by atoms with Crippen LogP contribution in [0.25, 0.3) is 0 Å². The van der Waals surface area contributed by atoms with Gasteiger partial charge in [0.1, 0.15) is 0 Å². The highest BCUT2D eigenvalue weighted by molar-refractivity contribution is 5.27. The van der Waals surface area contributed by atoms with Crippen molar-refractivity contribution in [2.45, 2.75) is 46.2 Å². The number of nitrogens with one attached hydrogen (secondary N) is 1. The Bertz CT molecular complexity index is 309. The molecule has 0 saturated carbocycles. The van der Waals surface area contributed by atoms with Crippen LogP contribution in [0.2, 0.25) is 0 Å². The zero-order valence-electron chi connectivity index (χ0n) is 11.4. The van der Waals surface area contributed by atoms with Crippen molar-refractivity contribution in [3.05, 3.63) is 12.4 Å². The van der Waals surface area contributed by atoms with E-state index < -0.39 is 0 Å². The van der Waals surface area contributed by atoms with Gasteiger partial charge in [-0.15, -0.1) is 0 Å². The lowest BCUT2D eigenvalue weighted by Gasteiger charge is -2.15. The van der Waals surface area contributed by atoms with Gasteiger partial charge in [-0.1, -0.05) is 13.8 Å². The van der Waals surface area contributed by atoms with Crippen LogP contribution >= 0.6 is 0 Å². The summed E-state index contributed by atoms with van der Waals surface area (Å²) in [5, 5.41) is 3.36. The number of aromatic nitrogens is 2. The lowest BCUT2D eigenvalue weighted by molar-refractivity contribution is 0.190.